The SMILES string of the molecule is O=C1Nc2ccccc2C1=C1OCc2cc(NCCN3CCCCC3)ccc21. The summed E-state index contributed by atoms with van der Waals surface area (Å²) < 4.78 is 5.97. The molecule has 3 aliphatic heterocycles. The Labute approximate surface area is 165 Å². The highest BCUT2D eigenvalue weighted by molar-refractivity contribution is 6.36. The molecule has 0 atom stereocenters. The number of hydrogen-bond acceptors (Lipinski definition) is 4. The van der Waals surface area contributed by atoms with Crippen molar-refractivity contribution in [3.8, 4) is 0 Å². The molecular formula is C23H25N3O2. The van der Waals surface area contributed by atoms with Crippen LogP contribution in [0, 0.1) is 0 Å². The summed E-state index contributed by atoms with van der Waals surface area (Å²) in [5.41, 5.74) is 5.66. The quantitative estimate of drug-likeness (QED) is 0.795. The van der Waals surface area contributed by atoms with E-state index in [1.165, 1.54) is 32.4 Å². The lowest BCUT2D eigenvalue weighted by atomic mass is 10.0. The molecule has 3 heterocycles. The van der Waals surface area contributed by atoms with Crippen molar-refractivity contribution in [1.82, 2.24) is 4.90 Å². The first-order valence-electron chi connectivity index (χ1n) is 10.2. The van der Waals surface area contributed by atoms with E-state index in [-0.39, 0.29) is 5.91 Å². The largest absolute Gasteiger partial charge is 0.487 e. The number of piperidine rings is 1. The number of carbonyl (C=O) groups excluding carboxylic acids is 1. The average molecular weight is 375 g/mol. The molecule has 5 nitrogen and oxygen atoms in total. The van der Waals surface area contributed by atoms with Gasteiger partial charge in [0.2, 0.25) is 0 Å². The molecule has 2 aromatic rings. The average Bonchev–Trinajstić information content (AvgIpc) is 3.28. The Kier molecular flexibility index (Phi) is 4.53. The molecule has 0 bridgehead atoms. The predicted molar refractivity (Wildman–Crippen MR) is 112 cm³/mol. The summed E-state index contributed by atoms with van der Waals surface area (Å²) >= 11 is 0. The zero-order chi connectivity index (χ0) is 18.9. The van der Waals surface area contributed by atoms with Crippen molar-refractivity contribution < 1.29 is 9.53 Å². The number of likely N-dealkylation sites (tertiary alicyclic amines) is 1. The summed E-state index contributed by atoms with van der Waals surface area (Å²) in [5, 5.41) is 6.47. The van der Waals surface area contributed by atoms with Crippen LogP contribution in [-0.2, 0) is 16.1 Å². The molecule has 0 spiro atoms. The third kappa shape index (κ3) is 3.16. The van der Waals surface area contributed by atoms with E-state index >= 15 is 0 Å². The molecular weight excluding hydrogens is 350 g/mol. The van der Waals surface area contributed by atoms with E-state index in [1.807, 2.05) is 24.3 Å². The minimum atomic E-state index is -0.0900. The summed E-state index contributed by atoms with van der Waals surface area (Å²) in [7, 11) is 0. The van der Waals surface area contributed by atoms with E-state index < -0.39 is 0 Å². The Hall–Kier alpha value is -2.79. The zero-order valence-electron chi connectivity index (χ0n) is 16.0. The van der Waals surface area contributed by atoms with E-state index in [9.17, 15) is 4.79 Å². The zero-order valence-corrected chi connectivity index (χ0v) is 16.0. The molecule has 1 amide bonds. The Morgan fingerprint density at radius 3 is 2.79 bits per heavy atom. The predicted octanol–water partition coefficient (Wildman–Crippen LogP) is 3.94. The van der Waals surface area contributed by atoms with Crippen LogP contribution >= 0.6 is 0 Å². The van der Waals surface area contributed by atoms with Crippen molar-refractivity contribution in [2.24, 2.45) is 0 Å². The fourth-order valence-electron chi connectivity index (χ4n) is 4.36. The van der Waals surface area contributed by atoms with Crippen LogP contribution in [-0.4, -0.2) is 37.0 Å². The van der Waals surface area contributed by atoms with Gasteiger partial charge in [-0.25, -0.2) is 0 Å². The van der Waals surface area contributed by atoms with Crippen molar-refractivity contribution >= 4 is 28.6 Å². The summed E-state index contributed by atoms with van der Waals surface area (Å²) in [4.78, 5) is 15.1. The summed E-state index contributed by atoms with van der Waals surface area (Å²) in [5.74, 6) is 0.602. The van der Waals surface area contributed by atoms with Crippen LogP contribution in [0.25, 0.3) is 11.3 Å². The molecule has 144 valence electrons. The molecule has 0 saturated carbocycles. The minimum Gasteiger partial charge on any atom is -0.487 e. The number of nitrogens with zero attached hydrogens (tertiary/aromatic N) is 1. The molecule has 1 fully saturated rings. The number of benzene rings is 2. The Morgan fingerprint density at radius 2 is 1.89 bits per heavy atom. The number of nitrogens with one attached hydrogen (secondary N) is 2. The number of rotatable bonds is 4. The Morgan fingerprint density at radius 1 is 1.04 bits per heavy atom. The molecule has 1 saturated heterocycles. The van der Waals surface area contributed by atoms with Crippen LogP contribution in [0.1, 0.15) is 36.0 Å². The Balaban J connectivity index is 1.34. The van der Waals surface area contributed by atoms with Gasteiger partial charge in [0, 0.05) is 41.2 Å². The van der Waals surface area contributed by atoms with Gasteiger partial charge >= 0.3 is 0 Å². The molecule has 0 radical (unpaired) electrons. The van der Waals surface area contributed by atoms with E-state index in [1.54, 1.807) is 0 Å². The third-order valence-corrected chi connectivity index (χ3v) is 5.83. The molecule has 0 unspecified atom stereocenters. The van der Waals surface area contributed by atoms with Gasteiger partial charge < -0.3 is 20.3 Å². The topological polar surface area (TPSA) is 53.6 Å². The third-order valence-electron chi connectivity index (χ3n) is 5.83. The van der Waals surface area contributed by atoms with Crippen LogP contribution in [0.5, 0.6) is 0 Å². The number of fused-ring (bicyclic) bond motifs is 2. The highest BCUT2D eigenvalue weighted by atomic mass is 16.5. The summed E-state index contributed by atoms with van der Waals surface area (Å²) in [6.45, 7) is 4.98. The minimum absolute atomic E-state index is 0.0900. The van der Waals surface area contributed by atoms with E-state index in [4.69, 9.17) is 4.74 Å². The van der Waals surface area contributed by atoms with Crippen molar-refractivity contribution in [3.05, 3.63) is 59.2 Å². The first-order chi connectivity index (χ1) is 13.8. The number of para-hydroxylation sites is 1. The lowest BCUT2D eigenvalue weighted by molar-refractivity contribution is -0.110. The van der Waals surface area contributed by atoms with Crippen molar-refractivity contribution in [2.45, 2.75) is 25.9 Å². The number of anilines is 2. The van der Waals surface area contributed by atoms with Crippen LogP contribution in [0.2, 0.25) is 0 Å². The highest BCUT2D eigenvalue weighted by Crippen LogP contribution is 2.41. The number of hydrogen-bond donors (Lipinski definition) is 2. The first-order valence-corrected chi connectivity index (χ1v) is 10.2. The van der Waals surface area contributed by atoms with Gasteiger partial charge in [0.25, 0.3) is 5.91 Å². The maximum Gasteiger partial charge on any atom is 0.260 e. The Bertz CT molecular complexity index is 945. The van der Waals surface area contributed by atoms with E-state index in [0.717, 1.165) is 41.2 Å². The van der Waals surface area contributed by atoms with E-state index in [2.05, 4.69) is 33.7 Å². The smallest absolute Gasteiger partial charge is 0.260 e. The molecule has 5 rings (SSSR count). The second kappa shape index (κ2) is 7.32. The monoisotopic (exact) mass is 375 g/mol. The van der Waals surface area contributed by atoms with Crippen LogP contribution in [0.3, 0.4) is 0 Å². The second-order valence-corrected chi connectivity index (χ2v) is 7.69. The molecule has 3 aliphatic rings. The molecule has 2 N–H and O–H groups in total. The highest BCUT2D eigenvalue weighted by Gasteiger charge is 2.32. The van der Waals surface area contributed by atoms with Crippen molar-refractivity contribution in [1.29, 1.82) is 0 Å². The van der Waals surface area contributed by atoms with Gasteiger partial charge in [-0.05, 0) is 50.2 Å². The standard InChI is InChI=1S/C23H25N3O2/c27-23-21(19-6-2-3-7-20(19)25-23)22-18-9-8-17(14-16(18)15-28-22)24-10-13-26-11-4-1-5-12-26/h2-3,6-9,14,24H,1,4-5,10-13,15H2,(H,25,27). The van der Waals surface area contributed by atoms with Crippen LogP contribution in [0.15, 0.2) is 42.5 Å². The van der Waals surface area contributed by atoms with Gasteiger partial charge in [-0.1, -0.05) is 24.6 Å². The van der Waals surface area contributed by atoms with Gasteiger partial charge in [0.15, 0.2) is 0 Å². The fourth-order valence-corrected chi connectivity index (χ4v) is 4.36. The van der Waals surface area contributed by atoms with Gasteiger partial charge in [0.05, 0.1) is 5.57 Å². The van der Waals surface area contributed by atoms with Gasteiger partial charge in [-0.2, -0.15) is 0 Å². The number of ether oxygens (including phenoxy) is 1. The molecule has 28 heavy (non-hydrogen) atoms. The van der Waals surface area contributed by atoms with Crippen LogP contribution in [0.4, 0.5) is 11.4 Å². The van der Waals surface area contributed by atoms with Crippen molar-refractivity contribution in [2.75, 3.05) is 36.8 Å². The van der Waals surface area contributed by atoms with E-state index in [0.29, 0.717) is 17.9 Å². The number of amides is 1. The lowest BCUT2D eigenvalue weighted by Crippen LogP contribution is -2.33. The van der Waals surface area contributed by atoms with Gasteiger partial charge in [-0.15, -0.1) is 0 Å². The normalized spacial score (nSPS) is 21.1. The van der Waals surface area contributed by atoms with Gasteiger partial charge in [0.1, 0.15) is 12.4 Å². The summed E-state index contributed by atoms with van der Waals surface area (Å²) in [6.07, 6.45) is 4.02. The second-order valence-electron chi connectivity index (χ2n) is 7.69. The van der Waals surface area contributed by atoms with Crippen LogP contribution < -0.4 is 10.6 Å². The molecule has 5 heteroatoms. The molecule has 0 aromatic heterocycles. The first kappa shape index (κ1) is 17.3. The van der Waals surface area contributed by atoms with Gasteiger partial charge in [-0.3, -0.25) is 4.79 Å². The maximum absolute atomic E-state index is 12.5. The fraction of sp³-hybridized carbons (Fsp3) is 0.348. The van der Waals surface area contributed by atoms with Crippen molar-refractivity contribution in [3.63, 3.8) is 0 Å². The maximum atomic E-state index is 12.5. The molecule has 0 aliphatic carbocycles. The lowest BCUT2D eigenvalue weighted by Gasteiger charge is -2.26. The summed E-state index contributed by atoms with van der Waals surface area (Å²) in [6, 6.07) is 14.1. The molecule has 2 aromatic carbocycles. The number of carbonyl (C=O) groups is 1.